The van der Waals surface area contributed by atoms with Gasteiger partial charge in [-0.25, -0.2) is 0 Å². The van der Waals surface area contributed by atoms with Gasteiger partial charge in [-0.2, -0.15) is 0 Å². The van der Waals surface area contributed by atoms with Crippen LogP contribution in [0.3, 0.4) is 0 Å². The molecule has 21 heavy (non-hydrogen) atoms. The molecule has 0 aliphatic carbocycles. The third-order valence-electron chi connectivity index (χ3n) is 3.05. The highest BCUT2D eigenvalue weighted by Crippen LogP contribution is 2.45. The first-order chi connectivity index (χ1) is 10.1. The molecule has 0 aliphatic heterocycles. The monoisotopic (exact) mass is 312 g/mol. The van der Waals surface area contributed by atoms with Gasteiger partial charge in [0.2, 0.25) is 7.37 Å². The minimum absolute atomic E-state index is 0.190. The van der Waals surface area contributed by atoms with Crippen LogP contribution < -0.4 is 5.30 Å². The molecule has 0 fully saturated rings. The van der Waals surface area contributed by atoms with E-state index in [0.717, 1.165) is 25.7 Å². The summed E-state index contributed by atoms with van der Waals surface area (Å²) in [7, 11) is -3.18. The van der Waals surface area contributed by atoms with Crippen molar-refractivity contribution in [3.8, 4) is 0 Å². The summed E-state index contributed by atoms with van der Waals surface area (Å²) in [4.78, 5) is 11.9. The predicted octanol–water partition coefficient (Wildman–Crippen LogP) is 3.75. The van der Waals surface area contributed by atoms with Gasteiger partial charge in [0.05, 0.1) is 13.2 Å². The molecule has 1 rings (SSSR count). The molecule has 0 aliphatic rings. The summed E-state index contributed by atoms with van der Waals surface area (Å²) in [5.74, 6) is -0.452. The molecule has 0 saturated carbocycles. The van der Waals surface area contributed by atoms with Crippen LogP contribution in [-0.4, -0.2) is 25.3 Å². The number of hydrogen-bond acceptors (Lipinski definition) is 4. The van der Waals surface area contributed by atoms with Gasteiger partial charge in [0.25, 0.3) is 0 Å². The quantitative estimate of drug-likeness (QED) is 0.375. The van der Waals surface area contributed by atoms with E-state index >= 15 is 0 Å². The van der Waals surface area contributed by atoms with Crippen LogP contribution in [0, 0.1) is 0 Å². The second-order valence-electron chi connectivity index (χ2n) is 4.93. The second-order valence-corrected chi connectivity index (χ2v) is 7.37. The third-order valence-corrected chi connectivity index (χ3v) is 5.40. The lowest BCUT2D eigenvalue weighted by Crippen LogP contribution is -2.19. The lowest BCUT2D eigenvalue weighted by atomic mass is 10.4. The Morgan fingerprint density at radius 3 is 2.29 bits per heavy atom. The maximum atomic E-state index is 13.0. The van der Waals surface area contributed by atoms with Crippen molar-refractivity contribution in [3.05, 3.63) is 30.3 Å². The third kappa shape index (κ3) is 6.45. The molecule has 1 atom stereocenters. The van der Waals surface area contributed by atoms with Crippen molar-refractivity contribution in [2.75, 3.05) is 19.4 Å². The zero-order valence-corrected chi connectivity index (χ0v) is 13.8. The van der Waals surface area contributed by atoms with Gasteiger partial charge in [0.15, 0.2) is 0 Å². The molecule has 1 aromatic carbocycles. The smallest absolute Gasteiger partial charge is 0.315 e. The first kappa shape index (κ1) is 17.9. The van der Waals surface area contributed by atoms with Crippen molar-refractivity contribution in [1.29, 1.82) is 0 Å². The average molecular weight is 312 g/mol. The van der Waals surface area contributed by atoms with E-state index in [2.05, 4.69) is 0 Å². The Bertz CT molecular complexity index is 459. The van der Waals surface area contributed by atoms with Crippen molar-refractivity contribution < 1.29 is 18.6 Å². The molecular weight excluding hydrogens is 287 g/mol. The molecule has 0 aromatic heterocycles. The first-order valence-electron chi connectivity index (χ1n) is 7.57. The average Bonchev–Trinajstić information content (AvgIpc) is 2.48. The Hall–Kier alpha value is -1.12. The van der Waals surface area contributed by atoms with Gasteiger partial charge in [-0.15, -0.1) is 0 Å². The Labute approximate surface area is 127 Å². The Balaban J connectivity index is 2.73. The Morgan fingerprint density at radius 1 is 1.05 bits per heavy atom. The standard InChI is InChI=1S/C16H25O4P/c1-3-5-12-19-16(17)14-21(18,20-13-6-4-2)15-10-8-7-9-11-15/h7-11H,3-6,12-14H2,1-2H3. The molecule has 0 N–H and O–H groups in total. The van der Waals surface area contributed by atoms with Crippen LogP contribution in [0.25, 0.3) is 0 Å². The van der Waals surface area contributed by atoms with Gasteiger partial charge in [0, 0.05) is 5.30 Å². The van der Waals surface area contributed by atoms with E-state index in [1.165, 1.54) is 0 Å². The van der Waals surface area contributed by atoms with Crippen molar-refractivity contribution >= 4 is 18.6 Å². The SMILES string of the molecule is CCCCOC(=O)CP(=O)(OCCCC)c1ccccc1. The molecular formula is C16H25O4P. The molecule has 0 spiro atoms. The summed E-state index contributed by atoms with van der Waals surface area (Å²) >= 11 is 0. The highest BCUT2D eigenvalue weighted by atomic mass is 31.2. The van der Waals surface area contributed by atoms with Gasteiger partial charge in [0.1, 0.15) is 6.16 Å². The summed E-state index contributed by atoms with van der Waals surface area (Å²) < 4.78 is 23.7. The lowest BCUT2D eigenvalue weighted by molar-refractivity contribution is -0.140. The van der Waals surface area contributed by atoms with Crippen LogP contribution in [0.4, 0.5) is 0 Å². The molecule has 118 valence electrons. The van der Waals surface area contributed by atoms with Crippen LogP contribution in [0.15, 0.2) is 30.3 Å². The van der Waals surface area contributed by atoms with Crippen molar-refractivity contribution in [2.45, 2.75) is 39.5 Å². The Morgan fingerprint density at radius 2 is 1.67 bits per heavy atom. The number of hydrogen-bond donors (Lipinski definition) is 0. The zero-order valence-electron chi connectivity index (χ0n) is 12.9. The van der Waals surface area contributed by atoms with E-state index in [1.807, 2.05) is 19.9 Å². The fraction of sp³-hybridized carbons (Fsp3) is 0.562. The fourth-order valence-electron chi connectivity index (χ4n) is 1.77. The number of esters is 1. The van der Waals surface area contributed by atoms with Crippen LogP contribution in [0.2, 0.25) is 0 Å². The van der Waals surface area contributed by atoms with Gasteiger partial charge in [-0.05, 0) is 25.0 Å². The van der Waals surface area contributed by atoms with Crippen molar-refractivity contribution in [3.63, 3.8) is 0 Å². The molecule has 1 aromatic rings. The number of unbranched alkanes of at least 4 members (excludes halogenated alkanes) is 2. The first-order valence-corrected chi connectivity index (χ1v) is 9.38. The predicted molar refractivity (Wildman–Crippen MR) is 85.3 cm³/mol. The molecule has 0 amide bonds. The van der Waals surface area contributed by atoms with E-state index in [9.17, 15) is 9.36 Å². The molecule has 1 unspecified atom stereocenters. The second kappa shape index (κ2) is 9.75. The van der Waals surface area contributed by atoms with E-state index in [4.69, 9.17) is 9.26 Å². The highest BCUT2D eigenvalue weighted by Gasteiger charge is 2.30. The van der Waals surface area contributed by atoms with Crippen LogP contribution >= 0.6 is 7.37 Å². The summed E-state index contributed by atoms with van der Waals surface area (Å²) in [5, 5.41) is 0.577. The summed E-state index contributed by atoms with van der Waals surface area (Å²) in [6.45, 7) is 4.83. The van der Waals surface area contributed by atoms with Gasteiger partial charge < -0.3 is 9.26 Å². The number of carbonyl (C=O) groups is 1. The highest BCUT2D eigenvalue weighted by molar-refractivity contribution is 7.67. The number of rotatable bonds is 10. The number of ether oxygens (including phenoxy) is 1. The largest absolute Gasteiger partial charge is 0.465 e. The Kier molecular flexibility index (Phi) is 8.33. The summed E-state index contributed by atoms with van der Waals surface area (Å²) in [6.07, 6.45) is 3.36. The molecule has 4 nitrogen and oxygen atoms in total. The van der Waals surface area contributed by atoms with Gasteiger partial charge >= 0.3 is 5.97 Å². The molecule has 5 heteroatoms. The van der Waals surface area contributed by atoms with Gasteiger partial charge in [-0.1, -0.05) is 44.9 Å². The summed E-state index contributed by atoms with van der Waals surface area (Å²) in [5.41, 5.74) is 0. The number of carbonyl (C=O) groups excluding carboxylic acids is 1. The van der Waals surface area contributed by atoms with Crippen molar-refractivity contribution in [2.24, 2.45) is 0 Å². The van der Waals surface area contributed by atoms with E-state index in [1.54, 1.807) is 24.3 Å². The molecule has 0 radical (unpaired) electrons. The maximum Gasteiger partial charge on any atom is 0.315 e. The maximum absolute atomic E-state index is 13.0. The van der Waals surface area contributed by atoms with Crippen LogP contribution in [0.1, 0.15) is 39.5 Å². The minimum atomic E-state index is -3.18. The lowest BCUT2D eigenvalue weighted by Gasteiger charge is -2.18. The minimum Gasteiger partial charge on any atom is -0.465 e. The van der Waals surface area contributed by atoms with Crippen LogP contribution in [0.5, 0.6) is 0 Å². The van der Waals surface area contributed by atoms with Crippen LogP contribution in [-0.2, 0) is 18.6 Å². The number of benzene rings is 1. The van der Waals surface area contributed by atoms with E-state index < -0.39 is 13.3 Å². The molecule has 0 bridgehead atoms. The molecule has 0 saturated heterocycles. The van der Waals surface area contributed by atoms with Crippen molar-refractivity contribution in [1.82, 2.24) is 0 Å². The fourth-order valence-corrected chi connectivity index (χ4v) is 3.67. The topological polar surface area (TPSA) is 52.6 Å². The zero-order chi connectivity index (χ0) is 15.6. The summed E-state index contributed by atoms with van der Waals surface area (Å²) in [6, 6.07) is 8.93. The van der Waals surface area contributed by atoms with E-state index in [-0.39, 0.29) is 6.16 Å². The van der Waals surface area contributed by atoms with Gasteiger partial charge in [-0.3, -0.25) is 9.36 Å². The van der Waals surface area contributed by atoms with E-state index in [0.29, 0.717) is 18.5 Å². The normalized spacial score (nSPS) is 13.6. The molecule has 0 heterocycles.